The molecule has 0 aromatic heterocycles. The second-order valence-electron chi connectivity index (χ2n) is 8.10. The Morgan fingerprint density at radius 1 is 1.04 bits per heavy atom. The van der Waals surface area contributed by atoms with E-state index in [2.05, 4.69) is 88.2 Å². The Balaban J connectivity index is 2.02. The molecular formula is C22H30N2. The lowest BCUT2D eigenvalue weighted by atomic mass is 9.76. The normalized spacial score (nSPS) is 16.2. The van der Waals surface area contributed by atoms with Gasteiger partial charge in [-0.05, 0) is 74.9 Å². The van der Waals surface area contributed by atoms with Crippen molar-refractivity contribution in [2.45, 2.75) is 59.4 Å². The van der Waals surface area contributed by atoms with Gasteiger partial charge in [-0.2, -0.15) is 0 Å². The molecule has 0 bridgehead atoms. The van der Waals surface area contributed by atoms with Crippen LogP contribution < -0.4 is 10.2 Å². The molecule has 24 heavy (non-hydrogen) atoms. The number of hydrogen-bond donors (Lipinski definition) is 1. The van der Waals surface area contributed by atoms with Crippen molar-refractivity contribution in [3.63, 3.8) is 0 Å². The predicted molar refractivity (Wildman–Crippen MR) is 106 cm³/mol. The first-order valence-electron chi connectivity index (χ1n) is 9.03. The van der Waals surface area contributed by atoms with Crippen molar-refractivity contribution in [1.82, 2.24) is 0 Å². The van der Waals surface area contributed by atoms with Gasteiger partial charge in [-0.3, -0.25) is 0 Å². The molecule has 2 aromatic carbocycles. The van der Waals surface area contributed by atoms with Crippen LogP contribution in [0.1, 0.15) is 50.8 Å². The molecule has 1 aliphatic rings. The summed E-state index contributed by atoms with van der Waals surface area (Å²) in [6.07, 6.45) is 1.20. The predicted octanol–water partition coefficient (Wildman–Crippen LogP) is 5.94. The summed E-state index contributed by atoms with van der Waals surface area (Å²) in [6, 6.07) is 13.9. The molecule has 0 fully saturated rings. The molecule has 2 aromatic rings. The van der Waals surface area contributed by atoms with Crippen LogP contribution in [0, 0.1) is 13.8 Å². The lowest BCUT2D eigenvalue weighted by Gasteiger charge is -2.43. The first-order valence-corrected chi connectivity index (χ1v) is 9.03. The summed E-state index contributed by atoms with van der Waals surface area (Å²) in [5.41, 5.74) is 8.05. The highest BCUT2D eigenvalue weighted by molar-refractivity contribution is 5.72. The van der Waals surface area contributed by atoms with Gasteiger partial charge >= 0.3 is 0 Å². The molecule has 0 radical (unpaired) electrons. The summed E-state index contributed by atoms with van der Waals surface area (Å²) in [4.78, 5) is 2.54. The van der Waals surface area contributed by atoms with Gasteiger partial charge in [0.05, 0.1) is 0 Å². The van der Waals surface area contributed by atoms with E-state index >= 15 is 0 Å². The largest absolute Gasteiger partial charge is 0.369 e. The van der Waals surface area contributed by atoms with Gasteiger partial charge in [0, 0.05) is 29.6 Å². The molecule has 128 valence electrons. The minimum Gasteiger partial charge on any atom is -0.369 e. The summed E-state index contributed by atoms with van der Waals surface area (Å²) in [6.45, 7) is 14.8. The summed E-state index contributed by atoms with van der Waals surface area (Å²) >= 11 is 0. The lowest BCUT2D eigenvalue weighted by Crippen LogP contribution is -2.41. The Morgan fingerprint density at radius 3 is 2.33 bits per heavy atom. The first-order chi connectivity index (χ1) is 11.3. The van der Waals surface area contributed by atoms with Crippen LogP contribution in [0.3, 0.4) is 0 Å². The van der Waals surface area contributed by atoms with E-state index in [9.17, 15) is 0 Å². The molecule has 2 nitrogen and oxygen atoms in total. The smallest absolute Gasteiger partial charge is 0.0418 e. The minimum absolute atomic E-state index is 0.220. The van der Waals surface area contributed by atoms with E-state index in [-0.39, 0.29) is 5.41 Å². The highest BCUT2D eigenvalue weighted by Gasteiger charge is 2.32. The van der Waals surface area contributed by atoms with E-state index in [0.717, 1.165) is 12.2 Å². The Hall–Kier alpha value is -1.96. The number of fused-ring (bicyclic) bond motifs is 1. The van der Waals surface area contributed by atoms with E-state index < -0.39 is 0 Å². The molecular weight excluding hydrogens is 292 g/mol. The number of rotatable bonds is 3. The lowest BCUT2D eigenvalue weighted by molar-refractivity contribution is 0.442. The van der Waals surface area contributed by atoms with Gasteiger partial charge in [-0.15, -0.1) is 0 Å². The van der Waals surface area contributed by atoms with Gasteiger partial charge in [-0.1, -0.05) is 31.5 Å². The van der Waals surface area contributed by atoms with Crippen LogP contribution in [0.2, 0.25) is 0 Å². The number of benzene rings is 2. The monoisotopic (exact) mass is 322 g/mol. The number of nitrogens with one attached hydrogen (secondary N) is 1. The maximum atomic E-state index is 3.61. The van der Waals surface area contributed by atoms with Crippen molar-refractivity contribution in [1.29, 1.82) is 0 Å². The molecule has 0 saturated carbocycles. The average molecular weight is 322 g/mol. The fraction of sp³-hybridized carbons (Fsp3) is 0.455. The summed E-state index contributed by atoms with van der Waals surface area (Å²) in [5.74, 6) is 0. The van der Waals surface area contributed by atoms with Crippen molar-refractivity contribution in [2.75, 3.05) is 16.8 Å². The van der Waals surface area contributed by atoms with Crippen LogP contribution in [0.15, 0.2) is 36.4 Å². The molecule has 1 N–H and O–H groups in total. The minimum atomic E-state index is 0.220. The second-order valence-corrected chi connectivity index (χ2v) is 8.10. The Bertz CT molecular complexity index is 726. The molecule has 3 rings (SSSR count). The van der Waals surface area contributed by atoms with Gasteiger partial charge in [0.15, 0.2) is 0 Å². The zero-order valence-electron chi connectivity index (χ0n) is 15.9. The zero-order valence-corrected chi connectivity index (χ0v) is 15.9. The van der Waals surface area contributed by atoms with Gasteiger partial charge < -0.3 is 10.2 Å². The van der Waals surface area contributed by atoms with E-state index in [1.807, 2.05) is 0 Å². The SMILES string of the molecule is Cc1ccc(Nc2cc3c(cc2C)N(C(C)C)CCC3(C)C)cc1. The van der Waals surface area contributed by atoms with Crippen LogP contribution in [0.5, 0.6) is 0 Å². The summed E-state index contributed by atoms with van der Waals surface area (Å²) in [5, 5.41) is 3.61. The summed E-state index contributed by atoms with van der Waals surface area (Å²) in [7, 11) is 0. The first kappa shape index (κ1) is 16.9. The highest BCUT2D eigenvalue weighted by atomic mass is 15.2. The van der Waals surface area contributed by atoms with E-state index in [1.54, 1.807) is 0 Å². The van der Waals surface area contributed by atoms with Crippen molar-refractivity contribution >= 4 is 17.1 Å². The highest BCUT2D eigenvalue weighted by Crippen LogP contribution is 2.43. The molecule has 0 atom stereocenters. The van der Waals surface area contributed by atoms with Crippen LogP contribution in [-0.2, 0) is 5.41 Å². The van der Waals surface area contributed by atoms with Crippen molar-refractivity contribution < 1.29 is 0 Å². The molecule has 0 aliphatic carbocycles. The average Bonchev–Trinajstić information content (AvgIpc) is 2.50. The molecule has 2 heteroatoms. The fourth-order valence-electron chi connectivity index (χ4n) is 3.59. The summed E-state index contributed by atoms with van der Waals surface area (Å²) < 4.78 is 0. The molecule has 0 amide bonds. The van der Waals surface area contributed by atoms with Crippen LogP contribution >= 0.6 is 0 Å². The van der Waals surface area contributed by atoms with Gasteiger partial charge in [0.25, 0.3) is 0 Å². The molecule has 0 unspecified atom stereocenters. The molecule has 1 heterocycles. The zero-order chi connectivity index (χ0) is 17.5. The maximum Gasteiger partial charge on any atom is 0.0418 e. The van der Waals surface area contributed by atoms with Crippen molar-refractivity contribution in [3.8, 4) is 0 Å². The second kappa shape index (κ2) is 6.16. The van der Waals surface area contributed by atoms with Gasteiger partial charge in [0.1, 0.15) is 0 Å². The molecule has 1 aliphatic heterocycles. The Morgan fingerprint density at radius 2 is 1.71 bits per heavy atom. The van der Waals surface area contributed by atoms with Crippen LogP contribution in [-0.4, -0.2) is 12.6 Å². The van der Waals surface area contributed by atoms with E-state index in [4.69, 9.17) is 0 Å². The number of nitrogens with zero attached hydrogens (tertiary/aromatic N) is 1. The van der Waals surface area contributed by atoms with E-state index in [0.29, 0.717) is 6.04 Å². The third kappa shape index (κ3) is 3.15. The third-order valence-electron chi connectivity index (χ3n) is 5.31. The fourth-order valence-corrected chi connectivity index (χ4v) is 3.59. The quantitative estimate of drug-likeness (QED) is 0.752. The van der Waals surface area contributed by atoms with Crippen LogP contribution in [0.4, 0.5) is 17.1 Å². The standard InChI is InChI=1S/C22H30N2/c1-15(2)24-12-11-22(5,6)19-14-20(17(4)13-21(19)24)23-18-9-7-16(3)8-10-18/h7-10,13-15,23H,11-12H2,1-6H3. The van der Waals surface area contributed by atoms with E-state index in [1.165, 1.54) is 34.5 Å². The van der Waals surface area contributed by atoms with Crippen molar-refractivity contribution in [2.24, 2.45) is 0 Å². The maximum absolute atomic E-state index is 3.61. The molecule has 0 saturated heterocycles. The topological polar surface area (TPSA) is 15.3 Å². The van der Waals surface area contributed by atoms with Crippen LogP contribution in [0.25, 0.3) is 0 Å². The van der Waals surface area contributed by atoms with Crippen molar-refractivity contribution in [3.05, 3.63) is 53.1 Å². The Labute approximate surface area is 146 Å². The number of aryl methyl sites for hydroxylation is 2. The number of hydrogen-bond acceptors (Lipinski definition) is 2. The molecule has 0 spiro atoms. The van der Waals surface area contributed by atoms with Gasteiger partial charge in [-0.25, -0.2) is 0 Å². The Kier molecular flexibility index (Phi) is 4.33. The van der Waals surface area contributed by atoms with Gasteiger partial charge in [0.2, 0.25) is 0 Å². The number of anilines is 3. The third-order valence-corrected chi connectivity index (χ3v) is 5.31.